The molecule has 10 heteroatoms. The zero-order valence-electron chi connectivity index (χ0n) is 12.5. The Morgan fingerprint density at radius 3 is 1.88 bits per heavy atom. The second kappa shape index (κ2) is 7.78. The maximum atomic E-state index is 12.3. The topological polar surface area (TPSA) is 38.7 Å². The van der Waals surface area contributed by atoms with E-state index in [1.807, 2.05) is 13.8 Å². The highest BCUT2D eigenvalue weighted by Gasteiger charge is 2.34. The van der Waals surface area contributed by atoms with Crippen LogP contribution in [0.2, 0.25) is 5.02 Å². The molecule has 0 atom stereocenters. The molecule has 24 heavy (non-hydrogen) atoms. The molecular formula is C14H12ClF6N3. The summed E-state index contributed by atoms with van der Waals surface area (Å²) in [6, 6.07) is 1.12. The van der Waals surface area contributed by atoms with Gasteiger partial charge in [-0.3, -0.25) is 4.98 Å². The summed E-state index contributed by atoms with van der Waals surface area (Å²) in [5, 5.41) is -0.192. The highest BCUT2D eigenvalue weighted by atomic mass is 35.5. The number of halogens is 7. The SMILES string of the molecule is CC.FC(F)(F)Cc1cnc(-c2cnc(C(F)(F)F)nc2)cc1Cl. The summed E-state index contributed by atoms with van der Waals surface area (Å²) in [6.45, 7) is 4.00. The van der Waals surface area contributed by atoms with Gasteiger partial charge in [-0.1, -0.05) is 25.4 Å². The molecule has 0 unspecified atom stereocenters. The van der Waals surface area contributed by atoms with Crippen molar-refractivity contribution in [3.05, 3.63) is 41.1 Å². The van der Waals surface area contributed by atoms with Crippen LogP contribution in [0.25, 0.3) is 11.3 Å². The quantitative estimate of drug-likeness (QED) is 0.669. The van der Waals surface area contributed by atoms with E-state index in [0.717, 1.165) is 24.7 Å². The normalized spacial score (nSPS) is 11.7. The van der Waals surface area contributed by atoms with Crippen LogP contribution in [-0.2, 0) is 12.6 Å². The molecule has 2 heterocycles. The number of aromatic nitrogens is 3. The van der Waals surface area contributed by atoms with Crippen molar-refractivity contribution < 1.29 is 26.3 Å². The van der Waals surface area contributed by atoms with Crippen molar-refractivity contribution in [1.29, 1.82) is 0 Å². The third-order valence-corrected chi connectivity index (χ3v) is 2.87. The first-order valence-corrected chi connectivity index (χ1v) is 7.05. The van der Waals surface area contributed by atoms with Crippen LogP contribution in [0.4, 0.5) is 26.3 Å². The van der Waals surface area contributed by atoms with Crippen molar-refractivity contribution in [3.63, 3.8) is 0 Å². The van der Waals surface area contributed by atoms with Gasteiger partial charge in [0, 0.05) is 29.2 Å². The molecule has 0 radical (unpaired) electrons. The van der Waals surface area contributed by atoms with Crippen molar-refractivity contribution >= 4 is 11.6 Å². The summed E-state index contributed by atoms with van der Waals surface area (Å²) in [4.78, 5) is 10.0. The van der Waals surface area contributed by atoms with E-state index < -0.39 is 24.6 Å². The zero-order valence-corrected chi connectivity index (χ0v) is 13.3. The van der Waals surface area contributed by atoms with Gasteiger partial charge in [-0.15, -0.1) is 0 Å². The molecule has 0 aromatic carbocycles. The van der Waals surface area contributed by atoms with Crippen molar-refractivity contribution in [2.45, 2.75) is 32.6 Å². The predicted molar refractivity (Wildman–Crippen MR) is 76.4 cm³/mol. The number of pyridine rings is 1. The van der Waals surface area contributed by atoms with Gasteiger partial charge in [0.15, 0.2) is 0 Å². The highest BCUT2D eigenvalue weighted by Crippen LogP contribution is 2.29. The Labute approximate surface area is 138 Å². The molecule has 0 aliphatic carbocycles. The van der Waals surface area contributed by atoms with Gasteiger partial charge in [0.25, 0.3) is 0 Å². The smallest absolute Gasteiger partial charge is 0.256 e. The Bertz CT molecular complexity index is 668. The molecule has 2 aromatic rings. The number of hydrogen-bond acceptors (Lipinski definition) is 3. The molecule has 3 nitrogen and oxygen atoms in total. The van der Waals surface area contributed by atoms with Crippen LogP contribution in [0.1, 0.15) is 25.2 Å². The van der Waals surface area contributed by atoms with Gasteiger partial charge in [0.1, 0.15) is 0 Å². The summed E-state index contributed by atoms with van der Waals surface area (Å²) in [7, 11) is 0. The van der Waals surface area contributed by atoms with E-state index in [9.17, 15) is 26.3 Å². The third-order valence-electron chi connectivity index (χ3n) is 2.52. The van der Waals surface area contributed by atoms with Crippen molar-refractivity contribution in [3.8, 4) is 11.3 Å². The van der Waals surface area contributed by atoms with E-state index in [-0.39, 0.29) is 21.8 Å². The molecular weight excluding hydrogens is 360 g/mol. The molecule has 0 aliphatic heterocycles. The Morgan fingerprint density at radius 2 is 1.46 bits per heavy atom. The van der Waals surface area contributed by atoms with Gasteiger partial charge in [-0.05, 0) is 11.6 Å². The maximum Gasteiger partial charge on any atom is 0.451 e. The number of alkyl halides is 6. The molecule has 0 saturated carbocycles. The predicted octanol–water partition coefficient (Wildman–Crippen LogP) is 5.34. The van der Waals surface area contributed by atoms with E-state index in [1.54, 1.807) is 0 Å². The largest absolute Gasteiger partial charge is 0.451 e. The summed E-state index contributed by atoms with van der Waals surface area (Å²) in [5.74, 6) is -1.32. The first-order valence-electron chi connectivity index (χ1n) is 6.67. The Balaban J connectivity index is 0.00000139. The minimum atomic E-state index is -4.68. The van der Waals surface area contributed by atoms with Crippen LogP contribution >= 0.6 is 11.6 Å². The minimum absolute atomic E-state index is 0.0737. The van der Waals surface area contributed by atoms with Crippen LogP contribution in [0.5, 0.6) is 0 Å². The number of hydrogen-bond donors (Lipinski definition) is 0. The van der Waals surface area contributed by atoms with Gasteiger partial charge in [0.2, 0.25) is 5.82 Å². The van der Waals surface area contributed by atoms with E-state index in [4.69, 9.17) is 11.6 Å². The monoisotopic (exact) mass is 371 g/mol. The number of nitrogens with zero attached hydrogens (tertiary/aromatic N) is 3. The lowest BCUT2D eigenvalue weighted by atomic mass is 10.1. The van der Waals surface area contributed by atoms with Crippen molar-refractivity contribution in [1.82, 2.24) is 15.0 Å². The molecule has 0 amide bonds. The lowest BCUT2D eigenvalue weighted by Gasteiger charge is -2.09. The fourth-order valence-corrected chi connectivity index (χ4v) is 1.79. The van der Waals surface area contributed by atoms with Crippen molar-refractivity contribution in [2.75, 3.05) is 0 Å². The summed E-state index contributed by atoms with van der Waals surface area (Å²) in [5.41, 5.74) is -0.0520. The lowest BCUT2D eigenvalue weighted by molar-refractivity contribution is -0.145. The van der Waals surface area contributed by atoms with Crippen molar-refractivity contribution in [2.24, 2.45) is 0 Å². The molecule has 0 spiro atoms. The van der Waals surface area contributed by atoms with E-state index >= 15 is 0 Å². The zero-order chi connectivity index (χ0) is 18.5. The number of rotatable bonds is 2. The minimum Gasteiger partial charge on any atom is -0.256 e. The van der Waals surface area contributed by atoms with Crippen LogP contribution in [0, 0.1) is 0 Å². The molecule has 0 N–H and O–H groups in total. The molecule has 2 aromatic heterocycles. The van der Waals surface area contributed by atoms with Crippen LogP contribution in [0.15, 0.2) is 24.7 Å². The summed E-state index contributed by atoms with van der Waals surface area (Å²) >= 11 is 5.73. The summed E-state index contributed by atoms with van der Waals surface area (Å²) < 4.78 is 73.8. The Kier molecular flexibility index (Phi) is 6.53. The molecule has 0 saturated heterocycles. The maximum absolute atomic E-state index is 12.3. The molecule has 0 bridgehead atoms. The average Bonchev–Trinajstić information content (AvgIpc) is 2.49. The van der Waals surface area contributed by atoms with Crippen LogP contribution in [0.3, 0.4) is 0 Å². The van der Waals surface area contributed by atoms with Gasteiger partial charge >= 0.3 is 12.4 Å². The molecule has 132 valence electrons. The van der Waals surface area contributed by atoms with Gasteiger partial charge in [0.05, 0.1) is 12.1 Å². The van der Waals surface area contributed by atoms with E-state index in [1.165, 1.54) is 0 Å². The first kappa shape index (κ1) is 20.1. The second-order valence-corrected chi connectivity index (χ2v) is 4.65. The highest BCUT2D eigenvalue weighted by molar-refractivity contribution is 6.31. The van der Waals surface area contributed by atoms with Crippen LogP contribution < -0.4 is 0 Å². The van der Waals surface area contributed by atoms with E-state index in [2.05, 4.69) is 15.0 Å². The summed E-state index contributed by atoms with van der Waals surface area (Å²) in [6.07, 6.45) is -7.70. The average molecular weight is 372 g/mol. The fourth-order valence-electron chi connectivity index (χ4n) is 1.57. The molecule has 0 fully saturated rings. The first-order chi connectivity index (χ1) is 11.1. The lowest BCUT2D eigenvalue weighted by Crippen LogP contribution is -2.12. The van der Waals surface area contributed by atoms with E-state index in [0.29, 0.717) is 0 Å². The second-order valence-electron chi connectivity index (χ2n) is 4.25. The molecule has 2 rings (SSSR count). The van der Waals surface area contributed by atoms with Gasteiger partial charge < -0.3 is 0 Å². The molecule has 0 aliphatic rings. The van der Waals surface area contributed by atoms with Gasteiger partial charge in [-0.25, -0.2) is 9.97 Å². The third kappa shape index (κ3) is 5.63. The van der Waals surface area contributed by atoms with Gasteiger partial charge in [-0.2, -0.15) is 26.3 Å². The van der Waals surface area contributed by atoms with Crippen LogP contribution in [-0.4, -0.2) is 21.1 Å². The fraction of sp³-hybridized carbons (Fsp3) is 0.357. The standard InChI is InChI=1S/C12H6ClF6N3.C2H6/c13-8-1-9(20-3-6(8)2-11(14,15)16)7-4-21-10(22-5-7)12(17,18)19;1-2/h1,3-5H,2H2;1-2H3. The Hall–Kier alpha value is -1.90. The Morgan fingerprint density at radius 1 is 0.917 bits per heavy atom.